The second-order valence-corrected chi connectivity index (χ2v) is 9.59. The minimum atomic E-state index is -0.802. The van der Waals surface area contributed by atoms with Crippen molar-refractivity contribution in [1.82, 2.24) is 9.55 Å². The van der Waals surface area contributed by atoms with Crippen LogP contribution in [0.4, 0.5) is 0 Å². The number of methoxy groups -OCH3 is 1. The van der Waals surface area contributed by atoms with Crippen molar-refractivity contribution in [3.63, 3.8) is 0 Å². The Morgan fingerprint density at radius 3 is 2.44 bits per heavy atom. The van der Waals surface area contributed by atoms with Gasteiger partial charge >= 0.3 is 5.63 Å². The molecular formula is C28H24BrN3O4. The Balaban J connectivity index is 1.63. The molecule has 1 amide bonds. The van der Waals surface area contributed by atoms with Gasteiger partial charge in [0.2, 0.25) is 0 Å². The molecule has 0 aliphatic rings. The molecule has 8 heteroatoms. The molecule has 7 nitrogen and oxygen atoms in total. The van der Waals surface area contributed by atoms with Crippen LogP contribution in [0, 0.1) is 6.92 Å². The highest BCUT2D eigenvalue weighted by molar-refractivity contribution is 9.10. The Labute approximate surface area is 215 Å². The van der Waals surface area contributed by atoms with Gasteiger partial charge in [-0.3, -0.25) is 4.79 Å². The van der Waals surface area contributed by atoms with Crippen molar-refractivity contribution in [2.75, 3.05) is 7.11 Å². The lowest BCUT2D eigenvalue weighted by molar-refractivity contribution is 0.0996. The number of nitrogens with two attached hydrogens (primary N) is 1. The first-order valence-corrected chi connectivity index (χ1v) is 12.3. The van der Waals surface area contributed by atoms with Gasteiger partial charge in [-0.15, -0.1) is 0 Å². The van der Waals surface area contributed by atoms with Crippen LogP contribution in [0.2, 0.25) is 0 Å². The van der Waals surface area contributed by atoms with Crippen molar-refractivity contribution in [1.29, 1.82) is 0 Å². The fourth-order valence-corrected chi connectivity index (χ4v) is 4.77. The molecule has 0 saturated carbocycles. The monoisotopic (exact) mass is 545 g/mol. The van der Waals surface area contributed by atoms with Gasteiger partial charge < -0.3 is 19.5 Å². The molecule has 36 heavy (non-hydrogen) atoms. The van der Waals surface area contributed by atoms with Crippen LogP contribution in [0.1, 0.15) is 32.9 Å². The van der Waals surface area contributed by atoms with Crippen LogP contribution in [0.25, 0.3) is 22.0 Å². The molecule has 0 aliphatic carbocycles. The number of nitrogens with zero attached hydrogens (tertiary/aromatic N) is 2. The molecule has 0 atom stereocenters. The van der Waals surface area contributed by atoms with Crippen molar-refractivity contribution in [3.05, 3.63) is 104 Å². The van der Waals surface area contributed by atoms with Crippen molar-refractivity contribution in [2.24, 2.45) is 5.73 Å². The lowest BCUT2D eigenvalue weighted by atomic mass is 10.1. The summed E-state index contributed by atoms with van der Waals surface area (Å²) >= 11 is 3.49. The van der Waals surface area contributed by atoms with Crippen LogP contribution in [-0.4, -0.2) is 22.6 Å². The molecule has 0 spiro atoms. The van der Waals surface area contributed by atoms with Crippen LogP contribution >= 0.6 is 15.9 Å². The van der Waals surface area contributed by atoms with E-state index in [0.717, 1.165) is 39.1 Å². The number of fused-ring (bicyclic) bond motifs is 2. The van der Waals surface area contributed by atoms with E-state index in [1.165, 1.54) is 5.56 Å². The fraction of sp³-hybridized carbons (Fsp3) is 0.179. The zero-order valence-electron chi connectivity index (χ0n) is 19.9. The topological polar surface area (TPSA) is 100 Å². The van der Waals surface area contributed by atoms with Gasteiger partial charge in [0.05, 0.1) is 18.1 Å². The van der Waals surface area contributed by atoms with E-state index in [9.17, 15) is 9.59 Å². The number of aryl methyl sites for hydroxylation is 3. The predicted molar refractivity (Wildman–Crippen MR) is 143 cm³/mol. The van der Waals surface area contributed by atoms with E-state index in [2.05, 4.69) is 32.6 Å². The highest BCUT2D eigenvalue weighted by Gasteiger charge is 2.19. The standard InChI is InChI=1S/C28H24BrN3O4/c1-16-21-14-22-23(15-24(21)36-28(34)26(16)27(30)33)32(12-11-17-3-7-19(29)8-4-17)25(31-22)13-18-5-9-20(35-2)10-6-18/h3-10,14-15H,11-13H2,1-2H3,(H2,30,33). The molecular weight excluding hydrogens is 522 g/mol. The summed E-state index contributed by atoms with van der Waals surface area (Å²) in [4.78, 5) is 29.2. The van der Waals surface area contributed by atoms with Gasteiger partial charge in [-0.05, 0) is 60.4 Å². The van der Waals surface area contributed by atoms with E-state index in [4.69, 9.17) is 19.9 Å². The number of aromatic nitrogens is 2. The summed E-state index contributed by atoms with van der Waals surface area (Å²) in [6, 6.07) is 19.8. The summed E-state index contributed by atoms with van der Waals surface area (Å²) in [6.45, 7) is 2.39. The number of carbonyl (C=O) groups is 1. The summed E-state index contributed by atoms with van der Waals surface area (Å²) in [7, 11) is 1.64. The van der Waals surface area contributed by atoms with Gasteiger partial charge in [-0.1, -0.05) is 40.2 Å². The van der Waals surface area contributed by atoms with Gasteiger partial charge in [0, 0.05) is 28.9 Å². The number of primary amides is 1. The lowest BCUT2D eigenvalue weighted by Crippen LogP contribution is -2.22. The molecule has 0 radical (unpaired) electrons. The van der Waals surface area contributed by atoms with E-state index >= 15 is 0 Å². The Kier molecular flexibility index (Phi) is 6.36. The quantitative estimate of drug-likeness (QED) is 0.285. The molecule has 0 fully saturated rings. The number of halogens is 1. The number of imidazole rings is 1. The molecule has 182 valence electrons. The van der Waals surface area contributed by atoms with Gasteiger partial charge in [0.15, 0.2) is 0 Å². The molecule has 2 N–H and O–H groups in total. The molecule has 5 rings (SSSR count). The fourth-order valence-electron chi connectivity index (χ4n) is 4.51. The summed E-state index contributed by atoms with van der Waals surface area (Å²) in [6.07, 6.45) is 1.42. The summed E-state index contributed by atoms with van der Waals surface area (Å²) in [5.74, 6) is 0.880. The molecule has 0 unspecified atom stereocenters. The van der Waals surface area contributed by atoms with Crippen molar-refractivity contribution in [3.8, 4) is 5.75 Å². The molecule has 3 aromatic carbocycles. The smallest absolute Gasteiger partial charge is 0.349 e. The molecule has 0 bridgehead atoms. The van der Waals surface area contributed by atoms with Crippen LogP contribution < -0.4 is 16.1 Å². The Morgan fingerprint density at radius 2 is 1.78 bits per heavy atom. The number of amides is 1. The SMILES string of the molecule is COc1ccc(Cc2nc3cc4c(C)c(C(N)=O)c(=O)oc4cc3n2CCc2ccc(Br)cc2)cc1. The largest absolute Gasteiger partial charge is 0.497 e. The summed E-state index contributed by atoms with van der Waals surface area (Å²) in [5, 5.41) is 0.643. The predicted octanol–water partition coefficient (Wildman–Crippen LogP) is 5.15. The zero-order valence-corrected chi connectivity index (χ0v) is 21.5. The van der Waals surface area contributed by atoms with E-state index in [0.29, 0.717) is 29.5 Å². The van der Waals surface area contributed by atoms with Crippen molar-refractivity contribution < 1.29 is 13.9 Å². The van der Waals surface area contributed by atoms with Crippen molar-refractivity contribution in [2.45, 2.75) is 26.3 Å². The second kappa shape index (κ2) is 9.62. The third kappa shape index (κ3) is 4.52. The maximum absolute atomic E-state index is 12.4. The van der Waals surface area contributed by atoms with E-state index < -0.39 is 11.5 Å². The third-order valence-corrected chi connectivity index (χ3v) is 6.95. The third-order valence-electron chi connectivity index (χ3n) is 6.42. The Hall–Kier alpha value is -3.91. The second-order valence-electron chi connectivity index (χ2n) is 8.67. The van der Waals surface area contributed by atoms with Gasteiger partial charge in [0.25, 0.3) is 5.91 Å². The molecule has 2 heterocycles. The highest BCUT2D eigenvalue weighted by atomic mass is 79.9. The van der Waals surface area contributed by atoms with Gasteiger partial charge in [0.1, 0.15) is 22.7 Å². The number of rotatable bonds is 7. The summed E-state index contributed by atoms with van der Waals surface area (Å²) in [5.41, 5.74) is 9.38. The van der Waals surface area contributed by atoms with Crippen LogP contribution in [-0.2, 0) is 19.4 Å². The Bertz CT molecular complexity index is 1650. The lowest BCUT2D eigenvalue weighted by Gasteiger charge is -2.11. The van der Waals surface area contributed by atoms with Crippen LogP contribution in [0.15, 0.2) is 74.3 Å². The van der Waals surface area contributed by atoms with Crippen LogP contribution in [0.5, 0.6) is 5.75 Å². The average Bonchev–Trinajstić information content (AvgIpc) is 3.18. The first kappa shape index (κ1) is 23.8. The van der Waals surface area contributed by atoms with Gasteiger partial charge in [-0.25, -0.2) is 9.78 Å². The zero-order chi connectivity index (χ0) is 25.4. The maximum Gasteiger partial charge on any atom is 0.349 e. The number of hydrogen-bond acceptors (Lipinski definition) is 5. The number of carbonyl (C=O) groups excluding carboxylic acids is 1. The minimum absolute atomic E-state index is 0.130. The number of benzene rings is 3. The first-order chi connectivity index (χ1) is 17.3. The van der Waals surface area contributed by atoms with E-state index in [-0.39, 0.29) is 5.56 Å². The first-order valence-electron chi connectivity index (χ1n) is 11.5. The number of ether oxygens (including phenoxy) is 1. The maximum atomic E-state index is 12.4. The highest BCUT2D eigenvalue weighted by Crippen LogP contribution is 2.28. The molecule has 0 saturated heterocycles. The van der Waals surface area contributed by atoms with Crippen LogP contribution in [0.3, 0.4) is 0 Å². The Morgan fingerprint density at radius 1 is 1.08 bits per heavy atom. The minimum Gasteiger partial charge on any atom is -0.497 e. The van der Waals surface area contributed by atoms with E-state index in [1.54, 1.807) is 14.0 Å². The molecule has 5 aromatic rings. The summed E-state index contributed by atoms with van der Waals surface area (Å²) < 4.78 is 14.0. The van der Waals surface area contributed by atoms with Gasteiger partial charge in [-0.2, -0.15) is 0 Å². The molecule has 0 aliphatic heterocycles. The van der Waals surface area contributed by atoms with E-state index in [1.807, 2.05) is 48.5 Å². The average molecular weight is 546 g/mol. The normalized spacial score (nSPS) is 11.3. The number of hydrogen-bond donors (Lipinski definition) is 1. The van der Waals surface area contributed by atoms with Crippen molar-refractivity contribution >= 4 is 43.8 Å². The molecule has 2 aromatic heterocycles.